The fourth-order valence-electron chi connectivity index (χ4n) is 2.71. The van der Waals surface area contributed by atoms with E-state index in [9.17, 15) is 4.79 Å². The van der Waals surface area contributed by atoms with Gasteiger partial charge in [-0.15, -0.1) is 10.2 Å². The Balaban J connectivity index is 1.39. The number of benzene rings is 2. The normalized spacial score (nSPS) is 10.7. The van der Waals surface area contributed by atoms with Crippen LogP contribution in [0, 0.1) is 0 Å². The number of hydrogen-bond donors (Lipinski definition) is 1. The quantitative estimate of drug-likeness (QED) is 0.259. The van der Waals surface area contributed by atoms with Gasteiger partial charge in [0.15, 0.2) is 27.3 Å². The third kappa shape index (κ3) is 5.21. The van der Waals surface area contributed by atoms with E-state index in [1.54, 1.807) is 38.5 Å². The van der Waals surface area contributed by atoms with Crippen LogP contribution < -0.4 is 14.8 Å². The number of nitrogens with zero attached hydrogens (tertiary/aromatic N) is 3. The number of carbonyl (C=O) groups is 1. The Morgan fingerprint density at radius 2 is 1.88 bits per heavy atom. The molecule has 0 spiro atoms. The Kier molecular flexibility index (Phi) is 6.93. The number of methoxy groups -OCH3 is 2. The van der Waals surface area contributed by atoms with Gasteiger partial charge in [-0.1, -0.05) is 52.0 Å². The lowest BCUT2D eigenvalue weighted by Gasteiger charge is -2.07. The van der Waals surface area contributed by atoms with Crippen LogP contribution in [-0.2, 0) is 5.75 Å². The molecule has 0 saturated carbocycles. The molecule has 1 amide bonds. The molecule has 2 heterocycles. The minimum atomic E-state index is -0.439. The second kappa shape index (κ2) is 10.0. The predicted octanol–water partition coefficient (Wildman–Crippen LogP) is 5.41. The summed E-state index contributed by atoms with van der Waals surface area (Å²) in [5.74, 6) is 1.84. The average molecular weight is 489 g/mol. The summed E-state index contributed by atoms with van der Waals surface area (Å²) in [6.07, 6.45) is 0. The van der Waals surface area contributed by atoms with E-state index in [0.717, 1.165) is 15.7 Å². The fourth-order valence-corrected chi connectivity index (χ4v) is 4.54. The number of ether oxygens (including phenoxy) is 2. The first-order chi connectivity index (χ1) is 15.6. The minimum Gasteiger partial charge on any atom is -0.493 e. The first-order valence-electron chi connectivity index (χ1n) is 9.27. The summed E-state index contributed by atoms with van der Waals surface area (Å²) < 4.78 is 16.6. The van der Waals surface area contributed by atoms with Gasteiger partial charge in [0.1, 0.15) is 0 Å². The van der Waals surface area contributed by atoms with Crippen molar-refractivity contribution in [2.45, 2.75) is 10.1 Å². The van der Waals surface area contributed by atoms with Gasteiger partial charge in [0.05, 0.1) is 14.2 Å². The highest BCUT2D eigenvalue weighted by Crippen LogP contribution is 2.33. The van der Waals surface area contributed by atoms with Crippen LogP contribution in [-0.4, -0.2) is 35.5 Å². The maximum absolute atomic E-state index is 12.5. The highest BCUT2D eigenvalue weighted by atomic mass is 35.5. The van der Waals surface area contributed by atoms with E-state index in [4.69, 9.17) is 25.6 Å². The van der Waals surface area contributed by atoms with E-state index in [1.807, 2.05) is 24.3 Å². The Hall–Kier alpha value is -3.08. The first-order valence-corrected chi connectivity index (χ1v) is 11.4. The maximum atomic E-state index is 12.5. The summed E-state index contributed by atoms with van der Waals surface area (Å²) in [4.78, 5) is 12.5. The van der Waals surface area contributed by atoms with Crippen molar-refractivity contribution in [2.75, 3.05) is 19.5 Å². The van der Waals surface area contributed by atoms with Gasteiger partial charge in [0.2, 0.25) is 5.13 Å². The SMILES string of the molecule is COc1ccc(-c2cc(C(=O)Nc3nnc(SCc4ccc(Cl)cc4)s3)no2)cc1OC. The molecule has 164 valence electrons. The van der Waals surface area contributed by atoms with Crippen molar-refractivity contribution >= 4 is 45.7 Å². The molecule has 2 aromatic heterocycles. The number of halogens is 1. The van der Waals surface area contributed by atoms with Crippen LogP contribution in [0.25, 0.3) is 11.3 Å². The maximum Gasteiger partial charge on any atom is 0.279 e. The Bertz CT molecular complexity index is 1230. The third-order valence-electron chi connectivity index (χ3n) is 4.31. The highest BCUT2D eigenvalue weighted by molar-refractivity contribution is 8.00. The molecule has 11 heteroatoms. The summed E-state index contributed by atoms with van der Waals surface area (Å²) in [5.41, 5.74) is 1.94. The third-order valence-corrected chi connectivity index (χ3v) is 6.61. The van der Waals surface area contributed by atoms with Crippen molar-refractivity contribution in [2.24, 2.45) is 0 Å². The molecule has 0 aliphatic carbocycles. The number of aromatic nitrogens is 3. The number of hydrogen-bond acceptors (Lipinski definition) is 9. The summed E-state index contributed by atoms with van der Waals surface area (Å²) >= 11 is 8.71. The molecule has 1 N–H and O–H groups in total. The van der Waals surface area contributed by atoms with E-state index in [1.165, 1.54) is 23.1 Å². The van der Waals surface area contributed by atoms with Crippen LogP contribution in [0.4, 0.5) is 5.13 Å². The smallest absolute Gasteiger partial charge is 0.279 e. The summed E-state index contributed by atoms with van der Waals surface area (Å²) in [7, 11) is 3.11. The first kappa shape index (κ1) is 22.1. The predicted molar refractivity (Wildman–Crippen MR) is 124 cm³/mol. The van der Waals surface area contributed by atoms with Crippen molar-refractivity contribution in [1.82, 2.24) is 15.4 Å². The zero-order valence-corrected chi connectivity index (χ0v) is 19.4. The standard InChI is InChI=1S/C21H17ClN4O4S2/c1-28-16-8-5-13(9-18(16)29-2)17-10-15(26-30-17)19(27)23-20-24-25-21(32-20)31-11-12-3-6-14(22)7-4-12/h3-10H,11H2,1-2H3,(H,23,24,27). The second-order valence-electron chi connectivity index (χ2n) is 6.39. The molecule has 0 saturated heterocycles. The molecule has 32 heavy (non-hydrogen) atoms. The van der Waals surface area contributed by atoms with E-state index in [2.05, 4.69) is 20.7 Å². The molecule has 0 fully saturated rings. The number of rotatable bonds is 8. The van der Waals surface area contributed by atoms with Crippen molar-refractivity contribution in [1.29, 1.82) is 0 Å². The van der Waals surface area contributed by atoms with E-state index < -0.39 is 5.91 Å². The van der Waals surface area contributed by atoms with Gasteiger partial charge < -0.3 is 14.0 Å². The molecule has 0 radical (unpaired) electrons. The lowest BCUT2D eigenvalue weighted by Crippen LogP contribution is -2.11. The summed E-state index contributed by atoms with van der Waals surface area (Å²) in [6.45, 7) is 0. The minimum absolute atomic E-state index is 0.125. The fraction of sp³-hybridized carbons (Fsp3) is 0.143. The average Bonchev–Trinajstić information content (AvgIpc) is 3.48. The second-order valence-corrected chi connectivity index (χ2v) is 9.02. The molecule has 0 atom stereocenters. The van der Waals surface area contributed by atoms with Gasteiger partial charge in [-0.3, -0.25) is 10.1 Å². The van der Waals surface area contributed by atoms with Crippen LogP contribution in [0.2, 0.25) is 5.02 Å². The van der Waals surface area contributed by atoms with Crippen LogP contribution in [0.15, 0.2) is 57.4 Å². The van der Waals surface area contributed by atoms with E-state index in [-0.39, 0.29) is 5.69 Å². The number of thioether (sulfide) groups is 1. The van der Waals surface area contributed by atoms with E-state index in [0.29, 0.717) is 33.0 Å². The molecule has 0 aliphatic heterocycles. The number of amides is 1. The number of anilines is 1. The van der Waals surface area contributed by atoms with Gasteiger partial charge in [-0.2, -0.15) is 0 Å². The van der Waals surface area contributed by atoms with E-state index >= 15 is 0 Å². The lowest BCUT2D eigenvalue weighted by atomic mass is 10.1. The molecule has 4 rings (SSSR count). The molecule has 8 nitrogen and oxygen atoms in total. The van der Waals surface area contributed by atoms with Gasteiger partial charge in [-0.05, 0) is 35.9 Å². The molecule has 4 aromatic rings. The Morgan fingerprint density at radius 1 is 1.09 bits per heavy atom. The molecule has 0 aliphatic rings. The zero-order valence-electron chi connectivity index (χ0n) is 17.0. The summed E-state index contributed by atoms with van der Waals surface area (Å²) in [6, 6.07) is 14.4. The topological polar surface area (TPSA) is 99.4 Å². The van der Waals surface area contributed by atoms with Crippen molar-refractivity contribution in [3.05, 3.63) is 64.8 Å². The monoisotopic (exact) mass is 488 g/mol. The molecular weight excluding hydrogens is 472 g/mol. The van der Waals surface area contributed by atoms with Crippen molar-refractivity contribution in [3.8, 4) is 22.8 Å². The van der Waals surface area contributed by atoms with Crippen LogP contribution in [0.1, 0.15) is 16.1 Å². The van der Waals surface area contributed by atoms with Gasteiger partial charge in [-0.25, -0.2) is 0 Å². The highest BCUT2D eigenvalue weighted by Gasteiger charge is 2.17. The van der Waals surface area contributed by atoms with Gasteiger partial charge >= 0.3 is 0 Å². The van der Waals surface area contributed by atoms with Gasteiger partial charge in [0, 0.05) is 22.4 Å². The Morgan fingerprint density at radius 3 is 2.62 bits per heavy atom. The largest absolute Gasteiger partial charge is 0.493 e. The molecule has 2 aromatic carbocycles. The lowest BCUT2D eigenvalue weighted by molar-refractivity contribution is 0.101. The summed E-state index contributed by atoms with van der Waals surface area (Å²) in [5, 5.41) is 15.8. The molecular formula is C21H17ClN4O4S2. The number of carbonyl (C=O) groups excluding carboxylic acids is 1. The van der Waals surface area contributed by atoms with Crippen LogP contribution in [0.3, 0.4) is 0 Å². The van der Waals surface area contributed by atoms with Gasteiger partial charge in [0.25, 0.3) is 5.91 Å². The molecule has 0 bridgehead atoms. The van der Waals surface area contributed by atoms with Crippen molar-refractivity contribution < 1.29 is 18.8 Å². The number of nitrogens with one attached hydrogen (secondary N) is 1. The Labute approximate surface area is 196 Å². The zero-order chi connectivity index (χ0) is 22.5. The molecule has 0 unspecified atom stereocenters. The van der Waals surface area contributed by atoms with Crippen molar-refractivity contribution in [3.63, 3.8) is 0 Å². The van der Waals surface area contributed by atoms with Crippen LogP contribution >= 0.6 is 34.7 Å². The van der Waals surface area contributed by atoms with Crippen LogP contribution in [0.5, 0.6) is 11.5 Å².